The summed E-state index contributed by atoms with van der Waals surface area (Å²) in [7, 11) is 0. The van der Waals surface area contributed by atoms with Crippen molar-refractivity contribution in [1.29, 1.82) is 0 Å². The van der Waals surface area contributed by atoms with Crippen LogP contribution in [-0.2, 0) is 6.54 Å². The second-order valence-electron chi connectivity index (χ2n) is 3.78. The van der Waals surface area contributed by atoms with Gasteiger partial charge in [0.1, 0.15) is 0 Å². The Bertz CT molecular complexity index is 374. The van der Waals surface area contributed by atoms with Gasteiger partial charge in [-0.3, -0.25) is 0 Å². The Labute approximate surface area is 103 Å². The predicted octanol–water partition coefficient (Wildman–Crippen LogP) is 2.53. The Balaban J connectivity index is 2.43. The second kappa shape index (κ2) is 6.28. The molecule has 1 aromatic carbocycles. The summed E-state index contributed by atoms with van der Waals surface area (Å²) in [6.07, 6.45) is 1.82. The highest BCUT2D eigenvalue weighted by molar-refractivity contribution is 7.80. The Morgan fingerprint density at radius 1 is 1.50 bits per heavy atom. The van der Waals surface area contributed by atoms with Crippen molar-refractivity contribution in [2.24, 2.45) is 0 Å². The van der Waals surface area contributed by atoms with Crippen LogP contribution in [0.2, 0.25) is 0 Å². The summed E-state index contributed by atoms with van der Waals surface area (Å²) >= 11 is 5.17. The first-order chi connectivity index (χ1) is 7.63. The number of thiocarbonyl (C=S) groups is 1. The van der Waals surface area contributed by atoms with Gasteiger partial charge in [0, 0.05) is 12.6 Å². The normalized spacial score (nSPS) is 11.6. The van der Waals surface area contributed by atoms with Crippen molar-refractivity contribution in [3.8, 4) is 0 Å². The quantitative estimate of drug-likeness (QED) is 0.618. The highest BCUT2D eigenvalue weighted by atomic mass is 32.1. The lowest BCUT2D eigenvalue weighted by Gasteiger charge is -2.14. The molecule has 0 aromatic heterocycles. The van der Waals surface area contributed by atoms with Crippen molar-refractivity contribution in [3.63, 3.8) is 0 Å². The van der Waals surface area contributed by atoms with Gasteiger partial charge in [-0.25, -0.2) is 0 Å². The molecule has 1 rings (SSSR count). The molecule has 0 heterocycles. The first-order valence-electron chi connectivity index (χ1n) is 5.35. The van der Waals surface area contributed by atoms with E-state index in [0.29, 0.717) is 5.11 Å². The topological polar surface area (TPSA) is 24.1 Å². The lowest BCUT2D eigenvalue weighted by atomic mass is 10.1. The maximum atomic E-state index is 5.17. The zero-order valence-electron chi connectivity index (χ0n) is 9.79. The van der Waals surface area contributed by atoms with Gasteiger partial charge in [-0.05, 0) is 37.2 Å². The molecule has 0 saturated carbocycles. The van der Waals surface area contributed by atoms with Crippen LogP contribution in [0.1, 0.15) is 18.1 Å². The van der Waals surface area contributed by atoms with Crippen molar-refractivity contribution < 1.29 is 0 Å². The first kappa shape index (κ1) is 12.7. The number of hydrogen-bond donors (Lipinski definition) is 2. The number of aryl methyl sites for hydroxylation is 1. The van der Waals surface area contributed by atoms with E-state index in [-0.39, 0.29) is 6.04 Å². The molecule has 1 unspecified atom stereocenters. The molecule has 16 heavy (non-hydrogen) atoms. The third kappa shape index (κ3) is 4.03. The molecule has 1 atom stereocenters. The largest absolute Gasteiger partial charge is 0.359 e. The summed E-state index contributed by atoms with van der Waals surface area (Å²) in [5, 5.41) is 6.96. The molecule has 0 aliphatic heterocycles. The van der Waals surface area contributed by atoms with Crippen LogP contribution in [0.5, 0.6) is 0 Å². The Morgan fingerprint density at radius 3 is 2.81 bits per heavy atom. The van der Waals surface area contributed by atoms with Crippen molar-refractivity contribution in [2.45, 2.75) is 26.4 Å². The fourth-order valence-corrected chi connectivity index (χ4v) is 1.56. The summed E-state index contributed by atoms with van der Waals surface area (Å²) in [5.74, 6) is 0. The average Bonchev–Trinajstić information content (AvgIpc) is 2.28. The molecule has 0 spiro atoms. The molecule has 0 aliphatic rings. The van der Waals surface area contributed by atoms with Gasteiger partial charge in [-0.1, -0.05) is 30.3 Å². The van der Waals surface area contributed by atoms with Gasteiger partial charge < -0.3 is 10.6 Å². The Hall–Kier alpha value is -1.35. The van der Waals surface area contributed by atoms with E-state index in [0.717, 1.165) is 6.54 Å². The fraction of sp³-hybridized carbons (Fsp3) is 0.308. The summed E-state index contributed by atoms with van der Waals surface area (Å²) in [6, 6.07) is 8.46. The van der Waals surface area contributed by atoms with Crippen molar-refractivity contribution in [3.05, 3.63) is 48.0 Å². The minimum absolute atomic E-state index is 0.192. The number of nitrogens with one attached hydrogen (secondary N) is 2. The van der Waals surface area contributed by atoms with Gasteiger partial charge in [0.15, 0.2) is 5.11 Å². The Kier molecular flexibility index (Phi) is 4.99. The van der Waals surface area contributed by atoms with Crippen LogP contribution in [-0.4, -0.2) is 11.2 Å². The summed E-state index contributed by atoms with van der Waals surface area (Å²) in [6.45, 7) is 8.55. The molecule has 0 aliphatic carbocycles. The van der Waals surface area contributed by atoms with Gasteiger partial charge in [0.25, 0.3) is 0 Å². The maximum Gasteiger partial charge on any atom is 0.167 e. The van der Waals surface area contributed by atoms with E-state index < -0.39 is 0 Å². The van der Waals surface area contributed by atoms with Crippen LogP contribution >= 0.6 is 12.2 Å². The number of benzene rings is 1. The second-order valence-corrected chi connectivity index (χ2v) is 4.19. The van der Waals surface area contributed by atoms with Crippen molar-refractivity contribution in [1.82, 2.24) is 10.6 Å². The van der Waals surface area contributed by atoms with Crippen molar-refractivity contribution >= 4 is 17.3 Å². The predicted molar refractivity (Wildman–Crippen MR) is 73.4 cm³/mol. The first-order valence-corrected chi connectivity index (χ1v) is 5.75. The molecule has 86 valence electrons. The molecule has 0 saturated heterocycles. The lowest BCUT2D eigenvalue weighted by molar-refractivity contribution is 0.769. The molecular weight excluding hydrogens is 216 g/mol. The van der Waals surface area contributed by atoms with Crippen LogP contribution in [0, 0.1) is 6.92 Å². The highest BCUT2D eigenvalue weighted by Crippen LogP contribution is 2.05. The molecule has 0 bridgehead atoms. The van der Waals surface area contributed by atoms with Crippen LogP contribution in [0.3, 0.4) is 0 Å². The van der Waals surface area contributed by atoms with E-state index in [4.69, 9.17) is 12.2 Å². The van der Waals surface area contributed by atoms with E-state index in [1.807, 2.05) is 25.1 Å². The molecular formula is C13H18N2S. The SMILES string of the molecule is C=CC(C)NC(=S)NCc1ccccc1C. The lowest BCUT2D eigenvalue weighted by Crippen LogP contribution is -2.39. The van der Waals surface area contributed by atoms with Gasteiger partial charge in [-0.15, -0.1) is 6.58 Å². The van der Waals surface area contributed by atoms with Crippen LogP contribution in [0.25, 0.3) is 0 Å². The zero-order chi connectivity index (χ0) is 12.0. The third-order valence-electron chi connectivity index (χ3n) is 2.41. The fourth-order valence-electron chi connectivity index (χ4n) is 1.30. The Morgan fingerprint density at radius 2 is 2.19 bits per heavy atom. The van der Waals surface area contributed by atoms with E-state index in [9.17, 15) is 0 Å². The molecule has 0 fully saturated rings. The summed E-state index contributed by atoms with van der Waals surface area (Å²) in [5.41, 5.74) is 2.53. The number of hydrogen-bond acceptors (Lipinski definition) is 1. The smallest absolute Gasteiger partial charge is 0.167 e. The molecule has 0 radical (unpaired) electrons. The van der Waals surface area contributed by atoms with E-state index in [2.05, 4.69) is 36.3 Å². The monoisotopic (exact) mass is 234 g/mol. The van der Waals surface area contributed by atoms with Gasteiger partial charge >= 0.3 is 0 Å². The van der Waals surface area contributed by atoms with E-state index in [1.165, 1.54) is 11.1 Å². The van der Waals surface area contributed by atoms with Crippen molar-refractivity contribution in [2.75, 3.05) is 0 Å². The summed E-state index contributed by atoms with van der Waals surface area (Å²) < 4.78 is 0. The average molecular weight is 234 g/mol. The molecule has 1 aromatic rings. The van der Waals surface area contributed by atoms with Crippen LogP contribution in [0.4, 0.5) is 0 Å². The van der Waals surface area contributed by atoms with Crippen LogP contribution < -0.4 is 10.6 Å². The van der Waals surface area contributed by atoms with Crippen LogP contribution in [0.15, 0.2) is 36.9 Å². The van der Waals surface area contributed by atoms with Gasteiger partial charge in [0.05, 0.1) is 0 Å². The van der Waals surface area contributed by atoms with Gasteiger partial charge in [0.2, 0.25) is 0 Å². The molecule has 0 amide bonds. The molecule has 3 heteroatoms. The minimum atomic E-state index is 0.192. The zero-order valence-corrected chi connectivity index (χ0v) is 10.6. The standard InChI is InChI=1S/C13H18N2S/c1-4-11(3)15-13(16)14-9-12-8-6-5-7-10(12)2/h4-8,11H,1,9H2,2-3H3,(H2,14,15,16). The minimum Gasteiger partial charge on any atom is -0.359 e. The molecule has 2 N–H and O–H groups in total. The highest BCUT2D eigenvalue weighted by Gasteiger charge is 2.00. The van der Waals surface area contributed by atoms with Gasteiger partial charge in [-0.2, -0.15) is 0 Å². The van der Waals surface area contributed by atoms with E-state index >= 15 is 0 Å². The van der Waals surface area contributed by atoms with E-state index in [1.54, 1.807) is 0 Å². The number of rotatable bonds is 4. The third-order valence-corrected chi connectivity index (χ3v) is 2.68. The maximum absolute atomic E-state index is 5.17. The molecule has 2 nitrogen and oxygen atoms in total. The summed E-state index contributed by atoms with van der Waals surface area (Å²) in [4.78, 5) is 0.